The molecule has 0 aliphatic rings. The van der Waals surface area contributed by atoms with Crippen molar-refractivity contribution in [2.24, 2.45) is 27.9 Å². The lowest BCUT2D eigenvalue weighted by atomic mass is 10.1. The number of aliphatic carboxylic acids is 2. The molecule has 3 atom stereocenters. The molecule has 0 radical (unpaired) electrons. The molecule has 0 saturated carbocycles. The van der Waals surface area contributed by atoms with Gasteiger partial charge in [0.25, 0.3) is 0 Å². The molecule has 30 heavy (non-hydrogen) atoms. The van der Waals surface area contributed by atoms with Crippen molar-refractivity contribution >= 4 is 29.7 Å². The van der Waals surface area contributed by atoms with Gasteiger partial charge >= 0.3 is 11.9 Å². The standard InChI is InChI=1S/C17H33N7O6/c18-8-2-1-4-11(23-14(27)10(19)6-7-13(25)26)15(28)24-12(16(29)30)5-3-9-22-17(20)21/h10-12H,1-9,18-19H2,(H,23,27)(H,24,28)(H,25,26)(H,29,30)(H4,20,21,22)/t10-,11-,12-/m1/s1. The van der Waals surface area contributed by atoms with E-state index in [1.165, 1.54) is 0 Å². The predicted molar refractivity (Wildman–Crippen MR) is 109 cm³/mol. The Kier molecular flexibility index (Phi) is 13.5. The molecule has 172 valence electrons. The van der Waals surface area contributed by atoms with Crippen LogP contribution in [0, 0.1) is 0 Å². The third-order valence-corrected chi connectivity index (χ3v) is 4.15. The molecule has 0 unspecified atom stereocenters. The molecule has 13 heteroatoms. The first-order chi connectivity index (χ1) is 14.1. The zero-order valence-electron chi connectivity index (χ0n) is 16.9. The van der Waals surface area contributed by atoms with Crippen LogP contribution in [0.1, 0.15) is 44.9 Å². The summed E-state index contributed by atoms with van der Waals surface area (Å²) in [6.45, 7) is 0.597. The number of rotatable bonds is 16. The zero-order chi connectivity index (χ0) is 23.1. The summed E-state index contributed by atoms with van der Waals surface area (Å²) in [5.74, 6) is -3.82. The minimum absolute atomic E-state index is 0.0828. The number of hydrogen-bond donors (Lipinski definition) is 8. The maximum atomic E-state index is 12.6. The van der Waals surface area contributed by atoms with Crippen molar-refractivity contribution in [1.82, 2.24) is 10.6 Å². The van der Waals surface area contributed by atoms with E-state index in [0.29, 0.717) is 25.8 Å². The fraction of sp³-hybridized carbons (Fsp3) is 0.706. The van der Waals surface area contributed by atoms with Crippen LogP contribution in [0.2, 0.25) is 0 Å². The Balaban J connectivity index is 4.98. The average molecular weight is 431 g/mol. The first-order valence-corrected chi connectivity index (χ1v) is 9.64. The number of nitrogens with zero attached hydrogens (tertiary/aromatic N) is 1. The number of carboxylic acids is 2. The SMILES string of the molecule is NCCCC[C@@H](NC(=O)[C@H](N)CCC(=O)O)C(=O)N[C@H](CCCN=C(N)N)C(=O)O. The van der Waals surface area contributed by atoms with Crippen molar-refractivity contribution in [2.75, 3.05) is 13.1 Å². The summed E-state index contributed by atoms with van der Waals surface area (Å²) in [5.41, 5.74) is 21.5. The minimum atomic E-state index is -1.24. The number of guanidine groups is 1. The highest BCUT2D eigenvalue weighted by Gasteiger charge is 2.27. The lowest BCUT2D eigenvalue weighted by Gasteiger charge is -2.23. The molecule has 0 bridgehead atoms. The normalized spacial score (nSPS) is 13.5. The van der Waals surface area contributed by atoms with Gasteiger partial charge in [-0.25, -0.2) is 4.79 Å². The third kappa shape index (κ3) is 12.5. The largest absolute Gasteiger partial charge is 0.481 e. The highest BCUT2D eigenvalue weighted by atomic mass is 16.4. The Morgan fingerprint density at radius 2 is 1.47 bits per heavy atom. The van der Waals surface area contributed by atoms with Gasteiger partial charge in [-0.05, 0) is 45.1 Å². The van der Waals surface area contributed by atoms with Crippen LogP contribution in [0.3, 0.4) is 0 Å². The summed E-state index contributed by atoms with van der Waals surface area (Å²) in [6.07, 6.45) is 1.35. The van der Waals surface area contributed by atoms with Crippen LogP contribution in [-0.4, -0.2) is 71.1 Å². The van der Waals surface area contributed by atoms with Crippen LogP contribution in [0.5, 0.6) is 0 Å². The van der Waals surface area contributed by atoms with E-state index in [0.717, 1.165) is 0 Å². The molecule has 13 nitrogen and oxygen atoms in total. The molecule has 0 spiro atoms. The Morgan fingerprint density at radius 3 is 2.00 bits per heavy atom. The monoisotopic (exact) mass is 431 g/mol. The summed E-state index contributed by atoms with van der Waals surface area (Å²) in [4.78, 5) is 50.6. The summed E-state index contributed by atoms with van der Waals surface area (Å²) in [5, 5.41) is 22.9. The number of carboxylic acid groups (broad SMARTS) is 2. The van der Waals surface area contributed by atoms with Crippen molar-refractivity contribution in [3.63, 3.8) is 0 Å². The highest BCUT2D eigenvalue weighted by molar-refractivity contribution is 5.91. The van der Waals surface area contributed by atoms with E-state index in [9.17, 15) is 24.3 Å². The Labute approximate surface area is 174 Å². The van der Waals surface area contributed by atoms with Gasteiger partial charge in [0, 0.05) is 13.0 Å². The van der Waals surface area contributed by atoms with Crippen LogP contribution in [0.25, 0.3) is 0 Å². The van der Waals surface area contributed by atoms with Crippen molar-refractivity contribution in [2.45, 2.75) is 63.1 Å². The summed E-state index contributed by atoms with van der Waals surface area (Å²) >= 11 is 0. The van der Waals surface area contributed by atoms with Crippen LogP contribution in [-0.2, 0) is 19.2 Å². The summed E-state index contributed by atoms with van der Waals surface area (Å²) in [7, 11) is 0. The van der Waals surface area contributed by atoms with Crippen LogP contribution >= 0.6 is 0 Å². The average Bonchev–Trinajstić information content (AvgIpc) is 2.66. The second kappa shape index (κ2) is 15.0. The number of nitrogens with two attached hydrogens (primary N) is 4. The molecule has 0 aliphatic heterocycles. The van der Waals surface area contributed by atoms with Crippen molar-refractivity contribution in [3.05, 3.63) is 0 Å². The van der Waals surface area contributed by atoms with E-state index >= 15 is 0 Å². The van der Waals surface area contributed by atoms with E-state index < -0.39 is 41.9 Å². The van der Waals surface area contributed by atoms with Crippen molar-refractivity contribution in [3.8, 4) is 0 Å². The van der Waals surface area contributed by atoms with Crippen LogP contribution in [0.4, 0.5) is 0 Å². The number of carbonyl (C=O) groups excluding carboxylic acids is 2. The maximum Gasteiger partial charge on any atom is 0.326 e. The van der Waals surface area contributed by atoms with Gasteiger partial charge in [-0.2, -0.15) is 0 Å². The van der Waals surface area contributed by atoms with Gasteiger partial charge < -0.3 is 43.8 Å². The first-order valence-electron chi connectivity index (χ1n) is 9.64. The Morgan fingerprint density at radius 1 is 0.867 bits per heavy atom. The molecule has 0 rings (SSSR count). The van der Waals surface area contributed by atoms with Gasteiger partial charge in [0.15, 0.2) is 5.96 Å². The smallest absolute Gasteiger partial charge is 0.326 e. The fourth-order valence-corrected chi connectivity index (χ4v) is 2.48. The molecule has 0 heterocycles. The first kappa shape index (κ1) is 27.1. The zero-order valence-corrected chi connectivity index (χ0v) is 16.9. The Hall–Kier alpha value is -2.93. The van der Waals surface area contributed by atoms with Gasteiger partial charge in [0.1, 0.15) is 12.1 Å². The van der Waals surface area contributed by atoms with Crippen LogP contribution in [0.15, 0.2) is 4.99 Å². The number of unbranched alkanes of at least 4 members (excludes halogenated alkanes) is 1. The second-order valence-corrected chi connectivity index (χ2v) is 6.73. The van der Waals surface area contributed by atoms with E-state index in [1.54, 1.807) is 0 Å². The molecule has 0 aromatic rings. The predicted octanol–water partition coefficient (Wildman–Crippen LogP) is -2.58. The molecule has 0 aliphatic carbocycles. The van der Waals surface area contributed by atoms with E-state index in [1.807, 2.05) is 0 Å². The maximum absolute atomic E-state index is 12.6. The third-order valence-electron chi connectivity index (χ3n) is 4.15. The van der Waals surface area contributed by atoms with E-state index in [4.69, 9.17) is 28.0 Å². The second-order valence-electron chi connectivity index (χ2n) is 6.73. The van der Waals surface area contributed by atoms with E-state index in [-0.39, 0.29) is 38.2 Å². The van der Waals surface area contributed by atoms with Gasteiger partial charge in [0.2, 0.25) is 11.8 Å². The molecule has 0 aromatic heterocycles. The van der Waals surface area contributed by atoms with Crippen molar-refractivity contribution in [1.29, 1.82) is 0 Å². The Bertz CT molecular complexity index is 609. The summed E-state index contributed by atoms with van der Waals surface area (Å²) < 4.78 is 0. The van der Waals surface area contributed by atoms with Gasteiger partial charge in [-0.3, -0.25) is 19.4 Å². The molecule has 0 saturated heterocycles. The molecule has 0 fully saturated rings. The number of hydrogen-bond acceptors (Lipinski definition) is 7. The highest BCUT2D eigenvalue weighted by Crippen LogP contribution is 2.05. The van der Waals surface area contributed by atoms with Gasteiger partial charge in [-0.15, -0.1) is 0 Å². The number of nitrogens with one attached hydrogen (secondary N) is 2. The fourth-order valence-electron chi connectivity index (χ4n) is 2.48. The summed E-state index contributed by atoms with van der Waals surface area (Å²) in [6, 6.07) is -3.33. The lowest BCUT2D eigenvalue weighted by molar-refractivity contribution is -0.142. The van der Waals surface area contributed by atoms with E-state index in [2.05, 4.69) is 15.6 Å². The molecule has 0 aromatic carbocycles. The quantitative estimate of drug-likeness (QED) is 0.0719. The number of carbonyl (C=O) groups is 4. The van der Waals surface area contributed by atoms with Gasteiger partial charge in [-0.1, -0.05) is 0 Å². The number of amides is 2. The minimum Gasteiger partial charge on any atom is -0.481 e. The van der Waals surface area contributed by atoms with Gasteiger partial charge in [0.05, 0.1) is 6.04 Å². The topological polar surface area (TPSA) is 249 Å². The number of aliphatic imine (C=N–C) groups is 1. The molecular weight excluding hydrogens is 398 g/mol. The van der Waals surface area contributed by atoms with Crippen molar-refractivity contribution < 1.29 is 29.4 Å². The molecule has 12 N–H and O–H groups in total. The lowest BCUT2D eigenvalue weighted by Crippen LogP contribution is -2.54. The van der Waals surface area contributed by atoms with Crippen LogP contribution < -0.4 is 33.6 Å². The molecule has 2 amide bonds. The molecular formula is C17H33N7O6.